The molecule has 0 unspecified atom stereocenters. The Kier molecular flexibility index (Phi) is 5.97. The van der Waals surface area contributed by atoms with Gasteiger partial charge in [0.15, 0.2) is 0 Å². The number of fused-ring (bicyclic) bond motifs is 2. The van der Waals surface area contributed by atoms with Crippen molar-refractivity contribution in [2.24, 2.45) is 0 Å². The van der Waals surface area contributed by atoms with E-state index in [1.807, 2.05) is 74.5 Å². The van der Waals surface area contributed by atoms with Gasteiger partial charge in [-0.25, -0.2) is 9.97 Å². The van der Waals surface area contributed by atoms with E-state index in [2.05, 4.69) is 15.3 Å². The molecule has 1 N–H and O–H groups in total. The lowest BCUT2D eigenvalue weighted by Crippen LogP contribution is -2.33. The molecule has 32 heavy (non-hydrogen) atoms. The van der Waals surface area contributed by atoms with Gasteiger partial charge in [0.2, 0.25) is 5.91 Å². The van der Waals surface area contributed by atoms with Crippen LogP contribution in [-0.4, -0.2) is 44.3 Å². The molecule has 0 aliphatic carbocycles. The van der Waals surface area contributed by atoms with E-state index in [1.54, 1.807) is 0 Å². The fourth-order valence-corrected chi connectivity index (χ4v) is 5.29. The largest absolute Gasteiger partial charge is 0.342 e. The number of aromatic nitrogens is 3. The van der Waals surface area contributed by atoms with Gasteiger partial charge in [-0.1, -0.05) is 0 Å². The lowest BCUT2D eigenvalue weighted by molar-refractivity contribution is -0.131. The Morgan fingerprint density at radius 2 is 1.84 bits per heavy atom. The van der Waals surface area contributed by atoms with Crippen molar-refractivity contribution in [3.63, 3.8) is 0 Å². The van der Waals surface area contributed by atoms with Gasteiger partial charge in [0.1, 0.15) is 17.2 Å². The Labute approximate surface area is 191 Å². The average molecular weight is 450 g/mol. The van der Waals surface area contributed by atoms with Gasteiger partial charge in [0, 0.05) is 47.0 Å². The number of benzene rings is 1. The summed E-state index contributed by atoms with van der Waals surface area (Å²) in [6.45, 7) is 11.4. The maximum Gasteiger partial charge on any atom is 0.266 e. The summed E-state index contributed by atoms with van der Waals surface area (Å²) in [5.41, 5.74) is 3.47. The van der Waals surface area contributed by atoms with Crippen molar-refractivity contribution in [3.8, 4) is 0 Å². The molecule has 0 bridgehead atoms. The zero-order chi connectivity index (χ0) is 23.0. The molecule has 3 aromatic heterocycles. The van der Waals surface area contributed by atoms with E-state index in [0.29, 0.717) is 36.0 Å². The van der Waals surface area contributed by atoms with Crippen molar-refractivity contribution < 1.29 is 9.59 Å². The molecular formula is C24H27N5O2S. The van der Waals surface area contributed by atoms with Gasteiger partial charge in [0.25, 0.3) is 5.91 Å². The predicted octanol–water partition coefficient (Wildman–Crippen LogP) is 4.69. The van der Waals surface area contributed by atoms with Crippen LogP contribution >= 0.6 is 11.3 Å². The van der Waals surface area contributed by atoms with Crippen molar-refractivity contribution >= 4 is 50.0 Å². The van der Waals surface area contributed by atoms with E-state index >= 15 is 0 Å². The van der Waals surface area contributed by atoms with E-state index in [1.165, 1.54) is 11.3 Å². The number of likely N-dealkylation sites (N-methyl/N-ethyl adjacent to an activating group) is 1. The highest BCUT2D eigenvalue weighted by atomic mass is 32.1. The van der Waals surface area contributed by atoms with Gasteiger partial charge < -0.3 is 14.8 Å². The molecule has 4 rings (SSSR count). The van der Waals surface area contributed by atoms with Crippen molar-refractivity contribution in [2.75, 3.05) is 18.4 Å². The van der Waals surface area contributed by atoms with Crippen LogP contribution in [0.3, 0.4) is 0 Å². The van der Waals surface area contributed by atoms with Crippen LogP contribution in [0, 0.1) is 20.8 Å². The second-order valence-corrected chi connectivity index (χ2v) is 8.83. The predicted molar refractivity (Wildman–Crippen MR) is 129 cm³/mol. The third kappa shape index (κ3) is 3.98. The summed E-state index contributed by atoms with van der Waals surface area (Å²) in [5, 5.41) is 4.94. The van der Waals surface area contributed by atoms with Crippen molar-refractivity contribution in [1.82, 2.24) is 19.4 Å². The molecule has 0 radical (unpaired) electrons. The number of carbonyl (C=O) groups is 2. The second-order valence-electron chi connectivity index (χ2n) is 7.83. The molecule has 7 nitrogen and oxygen atoms in total. The van der Waals surface area contributed by atoms with Crippen LogP contribution in [0.25, 0.3) is 21.1 Å². The van der Waals surface area contributed by atoms with Crippen LogP contribution in [0.4, 0.5) is 5.69 Å². The van der Waals surface area contributed by atoms with E-state index < -0.39 is 0 Å². The molecule has 0 aliphatic heterocycles. The first-order valence-electron chi connectivity index (χ1n) is 10.7. The third-order valence-electron chi connectivity index (χ3n) is 5.74. The quantitative estimate of drug-likeness (QED) is 0.463. The van der Waals surface area contributed by atoms with E-state index in [9.17, 15) is 9.59 Å². The number of carbonyl (C=O) groups excluding carboxylic acids is 2. The number of aryl methyl sites for hydroxylation is 3. The molecule has 166 valence electrons. The fraction of sp³-hybridized carbons (Fsp3) is 0.333. The summed E-state index contributed by atoms with van der Waals surface area (Å²) in [7, 11) is 0. The highest BCUT2D eigenvalue weighted by Gasteiger charge is 2.19. The van der Waals surface area contributed by atoms with E-state index in [4.69, 9.17) is 0 Å². The van der Waals surface area contributed by atoms with E-state index in [-0.39, 0.29) is 11.8 Å². The van der Waals surface area contributed by atoms with Crippen molar-refractivity contribution in [1.29, 1.82) is 0 Å². The standard InChI is InChI=1S/C24H27N5O2S/c1-6-28(7-2)20(30)13-29-11-10-17-12-18(8-9-19(17)29)27-23(31)22-14(3)21-15(4)25-16(5)26-24(21)32-22/h8-12H,6-7,13H2,1-5H3,(H,27,31). The van der Waals surface area contributed by atoms with Crippen LogP contribution in [0.15, 0.2) is 30.5 Å². The summed E-state index contributed by atoms with van der Waals surface area (Å²) < 4.78 is 1.95. The normalized spacial score (nSPS) is 11.3. The van der Waals surface area contributed by atoms with Crippen LogP contribution in [0.1, 0.15) is 40.6 Å². The minimum absolute atomic E-state index is 0.0961. The van der Waals surface area contributed by atoms with Crippen molar-refractivity contribution in [2.45, 2.75) is 41.2 Å². The molecule has 2 amide bonds. The topological polar surface area (TPSA) is 80.1 Å². The molecule has 8 heteroatoms. The Hall–Kier alpha value is -3.26. The zero-order valence-corrected chi connectivity index (χ0v) is 19.8. The first kappa shape index (κ1) is 22.0. The lowest BCUT2D eigenvalue weighted by atomic mass is 10.1. The van der Waals surface area contributed by atoms with Crippen LogP contribution < -0.4 is 5.32 Å². The van der Waals surface area contributed by atoms with Gasteiger partial charge in [-0.3, -0.25) is 9.59 Å². The van der Waals surface area contributed by atoms with Crippen LogP contribution in [0.5, 0.6) is 0 Å². The highest BCUT2D eigenvalue weighted by Crippen LogP contribution is 2.32. The minimum Gasteiger partial charge on any atom is -0.342 e. The Balaban J connectivity index is 1.57. The Morgan fingerprint density at radius 3 is 2.56 bits per heavy atom. The number of nitrogens with zero attached hydrogens (tertiary/aromatic N) is 4. The smallest absolute Gasteiger partial charge is 0.266 e. The third-order valence-corrected chi connectivity index (χ3v) is 6.92. The number of amides is 2. The number of hydrogen-bond donors (Lipinski definition) is 1. The summed E-state index contributed by atoms with van der Waals surface area (Å²) in [6.07, 6.45) is 1.91. The molecule has 0 aliphatic rings. The Bertz CT molecular complexity index is 1330. The summed E-state index contributed by atoms with van der Waals surface area (Å²) in [5.74, 6) is 0.648. The van der Waals surface area contributed by atoms with Crippen molar-refractivity contribution in [3.05, 3.63) is 52.4 Å². The van der Waals surface area contributed by atoms with E-state index in [0.717, 1.165) is 32.4 Å². The first-order chi connectivity index (χ1) is 15.3. The molecule has 1 aromatic carbocycles. The minimum atomic E-state index is -0.155. The van der Waals surface area contributed by atoms with Gasteiger partial charge in [-0.15, -0.1) is 11.3 Å². The average Bonchev–Trinajstić information content (AvgIpc) is 3.29. The van der Waals surface area contributed by atoms with Gasteiger partial charge in [-0.05, 0) is 64.4 Å². The SMILES string of the molecule is CCN(CC)C(=O)Cn1ccc2cc(NC(=O)c3sc4nc(C)nc(C)c4c3C)ccc21. The monoisotopic (exact) mass is 449 g/mol. The van der Waals surface area contributed by atoms with Crippen LogP contribution in [0.2, 0.25) is 0 Å². The molecule has 0 saturated carbocycles. The highest BCUT2D eigenvalue weighted by molar-refractivity contribution is 7.20. The molecule has 0 saturated heterocycles. The molecule has 3 heterocycles. The van der Waals surface area contributed by atoms with Crippen LogP contribution in [-0.2, 0) is 11.3 Å². The molecule has 0 spiro atoms. The number of thiophene rings is 1. The lowest BCUT2D eigenvalue weighted by Gasteiger charge is -2.19. The summed E-state index contributed by atoms with van der Waals surface area (Å²) >= 11 is 1.39. The molecule has 0 fully saturated rings. The number of anilines is 1. The van der Waals surface area contributed by atoms with Gasteiger partial charge >= 0.3 is 0 Å². The molecule has 0 atom stereocenters. The maximum atomic E-state index is 13.0. The summed E-state index contributed by atoms with van der Waals surface area (Å²) in [4.78, 5) is 37.7. The zero-order valence-electron chi connectivity index (χ0n) is 19.0. The Morgan fingerprint density at radius 1 is 1.09 bits per heavy atom. The summed E-state index contributed by atoms with van der Waals surface area (Å²) in [6, 6.07) is 7.71. The number of hydrogen-bond acceptors (Lipinski definition) is 5. The maximum absolute atomic E-state index is 13.0. The number of nitrogens with one attached hydrogen (secondary N) is 1. The van der Waals surface area contributed by atoms with Gasteiger partial charge in [0.05, 0.1) is 4.88 Å². The fourth-order valence-electron chi connectivity index (χ4n) is 4.12. The first-order valence-corrected chi connectivity index (χ1v) is 11.6. The molecule has 4 aromatic rings. The second kappa shape index (κ2) is 8.70. The van der Waals surface area contributed by atoms with Gasteiger partial charge in [-0.2, -0.15) is 0 Å². The number of rotatable bonds is 6. The molecular weight excluding hydrogens is 422 g/mol.